The van der Waals surface area contributed by atoms with Crippen molar-refractivity contribution >= 4 is 58.3 Å². The fourth-order valence-corrected chi connectivity index (χ4v) is 5.93. The van der Waals surface area contributed by atoms with E-state index < -0.39 is 35.2 Å². The second-order valence-corrected chi connectivity index (χ2v) is 9.64. The van der Waals surface area contributed by atoms with Gasteiger partial charge in [-0.1, -0.05) is 6.07 Å². The molecule has 0 saturated carbocycles. The zero-order valence-electron chi connectivity index (χ0n) is 17.9. The largest absolute Gasteiger partial charge is 0.477 e. The number of thioether (sulfide) groups is 1. The Morgan fingerprint density at radius 1 is 1.37 bits per heavy atom. The van der Waals surface area contributed by atoms with Crippen LogP contribution in [-0.4, -0.2) is 65.1 Å². The Labute approximate surface area is 205 Å². The van der Waals surface area contributed by atoms with Crippen LogP contribution in [0.25, 0.3) is 5.65 Å². The normalized spacial score (nSPS) is 20.2. The lowest BCUT2D eigenvalue weighted by Crippen LogP contribution is -2.71. The van der Waals surface area contributed by atoms with Crippen LogP contribution in [0.4, 0.5) is 5.13 Å². The maximum absolute atomic E-state index is 13.0. The summed E-state index contributed by atoms with van der Waals surface area (Å²) in [6.07, 6.45) is 5.92. The number of carboxylic acid groups (broad SMARTS) is 1. The van der Waals surface area contributed by atoms with E-state index in [-0.39, 0.29) is 16.7 Å². The lowest BCUT2D eigenvalue weighted by atomic mass is 10.0. The third-order valence-corrected chi connectivity index (χ3v) is 7.59. The highest BCUT2D eigenvalue weighted by atomic mass is 32.2. The lowest BCUT2D eigenvalue weighted by molar-refractivity contribution is -0.662. The molecule has 13 nitrogen and oxygen atoms in total. The molecule has 5 rings (SSSR count). The number of carboxylic acids is 1. The fourth-order valence-electron chi connectivity index (χ4n) is 4.13. The summed E-state index contributed by atoms with van der Waals surface area (Å²) in [7, 11) is 0. The molecule has 1 saturated heterocycles. The van der Waals surface area contributed by atoms with E-state index in [4.69, 9.17) is 5.73 Å². The number of hydrogen-bond donors (Lipinski definition) is 4. The summed E-state index contributed by atoms with van der Waals surface area (Å²) in [6, 6.07) is 3.49. The molecule has 2 aliphatic rings. The number of imidazole rings is 1. The van der Waals surface area contributed by atoms with Gasteiger partial charge in [0.2, 0.25) is 6.41 Å². The Morgan fingerprint density at radius 2 is 2.20 bits per heavy atom. The van der Waals surface area contributed by atoms with Crippen LogP contribution < -0.4 is 20.9 Å². The van der Waals surface area contributed by atoms with Crippen molar-refractivity contribution in [2.75, 3.05) is 11.5 Å². The van der Waals surface area contributed by atoms with Crippen molar-refractivity contribution in [3.63, 3.8) is 0 Å². The number of aromatic nitrogens is 4. The third kappa shape index (κ3) is 3.97. The van der Waals surface area contributed by atoms with Crippen molar-refractivity contribution in [2.24, 2.45) is 0 Å². The van der Waals surface area contributed by atoms with Crippen molar-refractivity contribution in [1.82, 2.24) is 29.3 Å². The summed E-state index contributed by atoms with van der Waals surface area (Å²) in [5.41, 5.74) is 6.95. The maximum Gasteiger partial charge on any atom is 0.352 e. The fraction of sp³-hybridized carbons (Fsp3) is 0.250. The summed E-state index contributed by atoms with van der Waals surface area (Å²) < 4.78 is 7.76. The first kappa shape index (κ1) is 22.8. The topological polar surface area (TPSA) is 176 Å². The molecular formula is C20H19N8O5S2+. The van der Waals surface area contributed by atoms with E-state index in [1.807, 2.05) is 45.8 Å². The Hall–Kier alpha value is -3.98. The van der Waals surface area contributed by atoms with Crippen molar-refractivity contribution in [3.05, 3.63) is 53.9 Å². The van der Waals surface area contributed by atoms with Crippen molar-refractivity contribution < 1.29 is 28.9 Å². The van der Waals surface area contributed by atoms with Gasteiger partial charge in [-0.25, -0.2) is 18.7 Å². The van der Waals surface area contributed by atoms with Gasteiger partial charge in [0.25, 0.3) is 17.5 Å². The zero-order chi connectivity index (χ0) is 24.7. The van der Waals surface area contributed by atoms with Gasteiger partial charge in [0.1, 0.15) is 36.1 Å². The average Bonchev–Trinajstić information content (AvgIpc) is 3.46. The number of rotatable bonds is 8. The molecule has 5 N–H and O–H groups in total. The predicted octanol–water partition coefficient (Wildman–Crippen LogP) is -1.11. The third-order valence-electron chi connectivity index (χ3n) is 5.69. The molecule has 35 heavy (non-hydrogen) atoms. The minimum absolute atomic E-state index is 0.00209. The summed E-state index contributed by atoms with van der Waals surface area (Å²) in [5, 5.41) is 14.4. The predicted molar refractivity (Wildman–Crippen MR) is 124 cm³/mol. The van der Waals surface area contributed by atoms with E-state index in [1.54, 1.807) is 0 Å². The van der Waals surface area contributed by atoms with Crippen LogP contribution in [0.15, 0.2) is 48.1 Å². The summed E-state index contributed by atoms with van der Waals surface area (Å²) >= 11 is 2.22. The van der Waals surface area contributed by atoms with Crippen LogP contribution >= 0.6 is 23.3 Å². The van der Waals surface area contributed by atoms with Crippen LogP contribution in [0.2, 0.25) is 0 Å². The van der Waals surface area contributed by atoms with Gasteiger partial charge in [-0.05, 0) is 6.07 Å². The number of nitrogens with one attached hydrogen (secondary N) is 2. The van der Waals surface area contributed by atoms with E-state index >= 15 is 0 Å². The van der Waals surface area contributed by atoms with Gasteiger partial charge in [0.05, 0.1) is 6.20 Å². The number of nitrogen functional groups attached to an aromatic ring is 1. The highest BCUT2D eigenvalue weighted by Crippen LogP contribution is 2.40. The number of aliphatic carboxylic acids is 1. The Kier molecular flexibility index (Phi) is 5.86. The van der Waals surface area contributed by atoms with E-state index in [2.05, 4.69) is 20.0 Å². The Morgan fingerprint density at radius 3 is 2.91 bits per heavy atom. The number of anilines is 1. The molecule has 3 aromatic rings. The molecule has 1 unspecified atom stereocenters. The van der Waals surface area contributed by atoms with Gasteiger partial charge in [-0.15, -0.1) is 11.8 Å². The van der Waals surface area contributed by atoms with Crippen LogP contribution in [-0.2, 0) is 25.7 Å². The first-order valence-electron chi connectivity index (χ1n) is 10.3. The van der Waals surface area contributed by atoms with Crippen LogP contribution in [0.1, 0.15) is 11.9 Å². The molecule has 180 valence electrons. The van der Waals surface area contributed by atoms with Crippen LogP contribution in [0.5, 0.6) is 0 Å². The first-order chi connectivity index (χ1) is 16.9. The highest BCUT2D eigenvalue weighted by molar-refractivity contribution is 8.00. The molecule has 0 bridgehead atoms. The number of pyridine rings is 1. The summed E-state index contributed by atoms with van der Waals surface area (Å²) in [5.74, 6) is -2.10. The summed E-state index contributed by atoms with van der Waals surface area (Å²) in [4.78, 5) is 54.1. The average molecular weight is 516 g/mol. The van der Waals surface area contributed by atoms with E-state index in [0.717, 1.165) is 17.2 Å². The molecular weight excluding hydrogens is 496 g/mol. The minimum Gasteiger partial charge on any atom is -0.477 e. The van der Waals surface area contributed by atoms with Crippen LogP contribution in [0, 0.1) is 0 Å². The van der Waals surface area contributed by atoms with E-state index in [0.29, 0.717) is 24.3 Å². The summed E-state index contributed by atoms with van der Waals surface area (Å²) in [6.45, 7) is 0.297. The number of nitrogens with two attached hydrogens (primary N) is 1. The second-order valence-electron chi connectivity index (χ2n) is 7.75. The molecule has 0 aromatic carbocycles. The number of nitrogens with zero attached hydrogens (tertiary/aromatic N) is 5. The van der Waals surface area contributed by atoms with Gasteiger partial charge in [-0.2, -0.15) is 4.37 Å². The van der Waals surface area contributed by atoms with Crippen LogP contribution in [0.3, 0.4) is 0 Å². The molecule has 15 heteroatoms. The van der Waals surface area contributed by atoms with E-state index in [9.17, 15) is 24.3 Å². The number of carbonyl (C=O) groups is 4. The van der Waals surface area contributed by atoms with Crippen molar-refractivity contribution in [2.45, 2.75) is 24.0 Å². The highest BCUT2D eigenvalue weighted by Gasteiger charge is 2.54. The van der Waals surface area contributed by atoms with Gasteiger partial charge in [0.15, 0.2) is 17.0 Å². The molecule has 1 fully saturated rings. The standard InChI is InChI=1S/C20H18N8O5S2/c21-20-24-15(25-35-20)12(22-9-29)16(30)23-13-17(31)28-14(19(32)33)10(8-34-18(13)28)7-27-6-5-26-4-2-1-3-11(26)27/h1-6,9,12-13,18H,7-8H2,(H4-,21,22,23,24,25,29,30,32,33)/p+1/t12?,13-,18-/m1/s1. The molecule has 3 aromatic heterocycles. The van der Waals surface area contributed by atoms with Gasteiger partial charge in [0, 0.05) is 28.9 Å². The smallest absolute Gasteiger partial charge is 0.352 e. The Balaban J connectivity index is 1.36. The number of amides is 3. The van der Waals surface area contributed by atoms with Gasteiger partial charge >= 0.3 is 5.97 Å². The molecule has 2 aliphatic heterocycles. The van der Waals surface area contributed by atoms with E-state index in [1.165, 1.54) is 16.7 Å². The quantitative estimate of drug-likeness (QED) is 0.165. The lowest BCUT2D eigenvalue weighted by Gasteiger charge is -2.49. The first-order valence-corrected chi connectivity index (χ1v) is 12.2. The molecule has 5 heterocycles. The molecule has 0 radical (unpaired) electrons. The Bertz CT molecular complexity index is 1380. The minimum atomic E-state index is -1.24. The van der Waals surface area contributed by atoms with Crippen molar-refractivity contribution in [3.8, 4) is 0 Å². The molecule has 3 atom stereocenters. The SMILES string of the molecule is Nc1nc(C(NC=O)C(=O)N[C@@H]2C(=O)N3C(C(=O)O)=C(C[n+]4ccn5ccccc54)CS[C@H]23)ns1. The molecule has 3 amide bonds. The number of hydrogen-bond acceptors (Lipinski definition) is 9. The van der Waals surface area contributed by atoms with Crippen molar-refractivity contribution in [1.29, 1.82) is 0 Å². The zero-order valence-corrected chi connectivity index (χ0v) is 19.5. The van der Waals surface area contributed by atoms with Gasteiger partial charge in [-0.3, -0.25) is 19.3 Å². The molecule has 0 spiro atoms. The second kappa shape index (κ2) is 8.99. The number of fused-ring (bicyclic) bond motifs is 2. The monoisotopic (exact) mass is 515 g/mol. The maximum atomic E-state index is 13.0. The van der Waals surface area contributed by atoms with Gasteiger partial charge < -0.3 is 21.5 Å². The number of carbonyl (C=O) groups excluding carboxylic acids is 3. The molecule has 0 aliphatic carbocycles. The number of β-lactam (4-membered cyclic amide) rings is 1.